The Bertz CT molecular complexity index is 1190. The molecule has 0 radical (unpaired) electrons. The first kappa shape index (κ1) is 24.0. The van der Waals surface area contributed by atoms with Gasteiger partial charge in [0.25, 0.3) is 5.91 Å². The summed E-state index contributed by atoms with van der Waals surface area (Å²) < 4.78 is 34.1. The Morgan fingerprint density at radius 2 is 1.94 bits per heavy atom. The van der Waals surface area contributed by atoms with Crippen molar-refractivity contribution in [2.24, 2.45) is 5.92 Å². The lowest BCUT2D eigenvalue weighted by molar-refractivity contribution is 0.0628. The summed E-state index contributed by atoms with van der Waals surface area (Å²) in [5.74, 6) is -1.06. The zero-order chi connectivity index (χ0) is 24.6. The van der Waals surface area contributed by atoms with Gasteiger partial charge in [-0.1, -0.05) is 32.0 Å². The zero-order valence-electron chi connectivity index (χ0n) is 20.2. The fraction of sp³-hybridized carbons (Fsp3) is 0.462. The number of amides is 1. The Kier molecular flexibility index (Phi) is 6.51. The average Bonchev–Trinajstić information content (AvgIpc) is 3.24. The smallest absolute Gasteiger partial charge is 0.292 e. The number of hydrogen-bond donors (Lipinski definition) is 0. The van der Waals surface area contributed by atoms with E-state index in [1.165, 1.54) is 18.2 Å². The summed E-state index contributed by atoms with van der Waals surface area (Å²) >= 11 is 0. The molecular formula is C26H30F2N4O2. The summed E-state index contributed by atoms with van der Waals surface area (Å²) in [4.78, 5) is 14.9. The van der Waals surface area contributed by atoms with Crippen molar-refractivity contribution >= 4 is 5.91 Å². The predicted molar refractivity (Wildman–Crippen MR) is 124 cm³/mol. The minimum Gasteiger partial charge on any atom is -0.351 e. The molecule has 1 aliphatic carbocycles. The van der Waals surface area contributed by atoms with Gasteiger partial charge < -0.3 is 9.42 Å². The number of aryl methyl sites for hydroxylation is 1. The van der Waals surface area contributed by atoms with Crippen LogP contribution in [0.15, 0.2) is 34.9 Å². The van der Waals surface area contributed by atoms with Crippen LogP contribution in [0.3, 0.4) is 0 Å². The SMILES string of the molecule is CCN(C[C@@]1(C(C)C)CC[C@H](C)c2cc(-c3c(F)cccc3F)nnc21)C(=O)c1cc(C)no1. The third kappa shape index (κ3) is 4.10. The number of nitrogens with zero attached hydrogens (tertiary/aromatic N) is 4. The monoisotopic (exact) mass is 468 g/mol. The highest BCUT2D eigenvalue weighted by Crippen LogP contribution is 2.47. The molecule has 3 aromatic rings. The first-order chi connectivity index (χ1) is 16.2. The number of carbonyl (C=O) groups is 1. The number of carbonyl (C=O) groups excluding carboxylic acids is 1. The molecule has 0 fully saturated rings. The third-order valence-electron chi connectivity index (χ3n) is 7.15. The van der Waals surface area contributed by atoms with Gasteiger partial charge in [-0.3, -0.25) is 4.79 Å². The summed E-state index contributed by atoms with van der Waals surface area (Å²) in [5.41, 5.74) is 1.92. The van der Waals surface area contributed by atoms with E-state index in [9.17, 15) is 13.6 Å². The van der Waals surface area contributed by atoms with E-state index in [1.807, 2.05) is 6.92 Å². The lowest BCUT2D eigenvalue weighted by Gasteiger charge is -2.45. The Morgan fingerprint density at radius 1 is 1.24 bits per heavy atom. The largest absolute Gasteiger partial charge is 0.351 e. The van der Waals surface area contributed by atoms with Crippen LogP contribution in [0.1, 0.15) is 74.0 Å². The van der Waals surface area contributed by atoms with Crippen molar-refractivity contribution in [2.75, 3.05) is 13.1 Å². The van der Waals surface area contributed by atoms with Gasteiger partial charge in [0.2, 0.25) is 5.76 Å². The van der Waals surface area contributed by atoms with Crippen LogP contribution in [0.2, 0.25) is 0 Å². The maximum Gasteiger partial charge on any atom is 0.292 e. The van der Waals surface area contributed by atoms with Crippen LogP contribution in [0.4, 0.5) is 8.78 Å². The van der Waals surface area contributed by atoms with Crippen molar-refractivity contribution in [3.8, 4) is 11.3 Å². The lowest BCUT2D eigenvalue weighted by Crippen LogP contribution is -2.49. The third-order valence-corrected chi connectivity index (χ3v) is 7.15. The van der Waals surface area contributed by atoms with Gasteiger partial charge in [0.05, 0.1) is 22.6 Å². The summed E-state index contributed by atoms with van der Waals surface area (Å²) in [7, 11) is 0. The molecule has 4 rings (SSSR count). The number of likely N-dealkylation sites (N-methyl/N-ethyl adjacent to an activating group) is 1. The van der Waals surface area contributed by atoms with Crippen LogP contribution in [0.5, 0.6) is 0 Å². The van der Waals surface area contributed by atoms with Gasteiger partial charge in [-0.05, 0) is 62.3 Å². The first-order valence-electron chi connectivity index (χ1n) is 11.7. The topological polar surface area (TPSA) is 72.1 Å². The summed E-state index contributed by atoms with van der Waals surface area (Å²) in [5, 5.41) is 12.7. The van der Waals surface area contributed by atoms with Crippen molar-refractivity contribution < 1.29 is 18.1 Å². The van der Waals surface area contributed by atoms with Gasteiger partial charge >= 0.3 is 0 Å². The summed E-state index contributed by atoms with van der Waals surface area (Å²) in [6, 6.07) is 7.18. The molecule has 0 saturated carbocycles. The second kappa shape index (κ2) is 9.24. The second-order valence-corrected chi connectivity index (χ2v) is 9.53. The molecule has 34 heavy (non-hydrogen) atoms. The van der Waals surface area contributed by atoms with E-state index in [2.05, 4.69) is 36.1 Å². The van der Waals surface area contributed by atoms with E-state index in [1.54, 1.807) is 24.0 Å². The average molecular weight is 469 g/mol. The van der Waals surface area contributed by atoms with E-state index in [-0.39, 0.29) is 34.8 Å². The normalized spacial score (nSPS) is 19.8. The molecule has 0 aliphatic heterocycles. The van der Waals surface area contributed by atoms with Crippen molar-refractivity contribution in [1.82, 2.24) is 20.3 Å². The molecule has 2 heterocycles. The minimum atomic E-state index is -0.669. The molecule has 0 N–H and O–H groups in total. The van der Waals surface area contributed by atoms with E-state index in [0.717, 1.165) is 24.1 Å². The van der Waals surface area contributed by atoms with Gasteiger partial charge in [-0.2, -0.15) is 10.2 Å². The molecule has 2 aromatic heterocycles. The zero-order valence-corrected chi connectivity index (χ0v) is 20.2. The van der Waals surface area contributed by atoms with Crippen LogP contribution in [0, 0.1) is 24.5 Å². The Labute approximate surface area is 198 Å². The van der Waals surface area contributed by atoms with E-state index in [0.29, 0.717) is 18.8 Å². The molecule has 8 heteroatoms. The van der Waals surface area contributed by atoms with E-state index in [4.69, 9.17) is 4.52 Å². The van der Waals surface area contributed by atoms with E-state index < -0.39 is 17.0 Å². The highest BCUT2D eigenvalue weighted by molar-refractivity contribution is 5.91. The second-order valence-electron chi connectivity index (χ2n) is 9.53. The fourth-order valence-corrected chi connectivity index (χ4v) is 4.97. The number of aromatic nitrogens is 3. The van der Waals surface area contributed by atoms with Gasteiger partial charge in [-0.25, -0.2) is 8.78 Å². The molecule has 0 bridgehead atoms. The number of halogens is 2. The molecule has 6 nitrogen and oxygen atoms in total. The highest BCUT2D eigenvalue weighted by atomic mass is 19.1. The predicted octanol–water partition coefficient (Wildman–Crippen LogP) is 5.67. The van der Waals surface area contributed by atoms with Crippen molar-refractivity contribution in [3.05, 3.63) is 64.7 Å². The van der Waals surface area contributed by atoms with Crippen molar-refractivity contribution in [2.45, 2.75) is 58.8 Å². The number of rotatable bonds is 6. The Morgan fingerprint density at radius 3 is 2.53 bits per heavy atom. The van der Waals surface area contributed by atoms with Crippen LogP contribution < -0.4 is 0 Å². The van der Waals surface area contributed by atoms with Gasteiger partial charge in [0, 0.05) is 24.6 Å². The Balaban J connectivity index is 1.78. The number of hydrogen-bond acceptors (Lipinski definition) is 5. The van der Waals surface area contributed by atoms with Gasteiger partial charge in [0.15, 0.2) is 0 Å². The first-order valence-corrected chi connectivity index (χ1v) is 11.7. The summed E-state index contributed by atoms with van der Waals surface area (Å²) in [6.45, 7) is 10.9. The minimum absolute atomic E-state index is 0.141. The van der Waals surface area contributed by atoms with E-state index >= 15 is 0 Å². The molecule has 0 unspecified atom stereocenters. The summed E-state index contributed by atoms with van der Waals surface area (Å²) in [6.07, 6.45) is 1.68. The molecule has 180 valence electrons. The molecule has 0 spiro atoms. The van der Waals surface area contributed by atoms with Gasteiger partial charge in [-0.15, -0.1) is 0 Å². The highest BCUT2D eigenvalue weighted by Gasteiger charge is 2.45. The Hall–Kier alpha value is -3.16. The molecular weight excluding hydrogens is 438 g/mol. The van der Waals surface area contributed by atoms with Crippen molar-refractivity contribution in [3.63, 3.8) is 0 Å². The van der Waals surface area contributed by atoms with Crippen LogP contribution in [-0.4, -0.2) is 39.3 Å². The molecule has 0 saturated heterocycles. The quantitative estimate of drug-likeness (QED) is 0.466. The van der Waals surface area contributed by atoms with Crippen LogP contribution in [0.25, 0.3) is 11.3 Å². The fourth-order valence-electron chi connectivity index (χ4n) is 4.97. The molecule has 1 aliphatic rings. The number of fused-ring (bicyclic) bond motifs is 1. The standard InChI is InChI=1S/C26H30F2N4O2/c1-6-32(25(33)22-12-17(5)31-34-22)14-26(15(2)3)11-10-16(4)18-13-21(29-30-24(18)26)23-19(27)8-7-9-20(23)28/h7-9,12-13,15-16H,6,10-11,14H2,1-5H3/t16-,26+/m0/s1. The molecule has 1 aromatic carbocycles. The van der Waals surface area contributed by atoms with Gasteiger partial charge in [0.1, 0.15) is 11.6 Å². The lowest BCUT2D eigenvalue weighted by atomic mass is 9.63. The number of benzene rings is 1. The maximum absolute atomic E-state index is 14.4. The molecule has 1 amide bonds. The maximum atomic E-state index is 14.4. The van der Waals surface area contributed by atoms with Crippen LogP contribution >= 0.6 is 0 Å². The molecule has 2 atom stereocenters. The van der Waals surface area contributed by atoms with Crippen molar-refractivity contribution in [1.29, 1.82) is 0 Å². The van der Waals surface area contributed by atoms with Crippen LogP contribution in [-0.2, 0) is 5.41 Å².